The van der Waals surface area contributed by atoms with Crippen molar-refractivity contribution in [3.05, 3.63) is 82.3 Å². The molecule has 0 aliphatic carbocycles. The van der Waals surface area contributed by atoms with Crippen molar-refractivity contribution in [3.63, 3.8) is 0 Å². The maximum atomic E-state index is 12.5. The maximum Gasteiger partial charge on any atom is 0.349 e. The predicted octanol–water partition coefficient (Wildman–Crippen LogP) is 5.97. The Bertz CT molecular complexity index is 1300. The number of carbonyl (C=O) groups is 2. The number of nitrogens with zero attached hydrogens (tertiary/aromatic N) is 1. The van der Waals surface area contributed by atoms with Crippen LogP contribution in [0.3, 0.4) is 0 Å². The summed E-state index contributed by atoms with van der Waals surface area (Å²) in [5, 5.41) is 9.24. The lowest BCUT2D eigenvalue weighted by atomic mass is 10.1. The summed E-state index contributed by atoms with van der Waals surface area (Å²) in [6.07, 6.45) is 1.38. The molecule has 8 heteroatoms. The second kappa shape index (κ2) is 13.1. The fraction of sp³-hybridized carbons (Fsp3) is 0.179. The minimum atomic E-state index is -0.714. The molecular weight excluding hydrogens is 526 g/mol. The van der Waals surface area contributed by atoms with E-state index in [9.17, 15) is 14.9 Å². The minimum Gasteiger partial charge on any atom is -0.490 e. The molecule has 0 saturated heterocycles. The lowest BCUT2D eigenvalue weighted by molar-refractivity contribution is -0.138. The number of rotatable bonds is 10. The van der Waals surface area contributed by atoms with E-state index in [2.05, 4.69) is 15.9 Å². The summed E-state index contributed by atoms with van der Waals surface area (Å²) in [7, 11) is 0. The van der Waals surface area contributed by atoms with Crippen molar-refractivity contribution >= 4 is 33.9 Å². The SMILES string of the molecule is CCOC(=O)/C(C#N)=C/c1ccc(OC(=O)COc2ccc(-c3ccccc3)cc2Br)c(OCC)c1. The maximum absolute atomic E-state index is 12.5. The Kier molecular flexibility index (Phi) is 9.66. The van der Waals surface area contributed by atoms with E-state index in [4.69, 9.17) is 18.9 Å². The first-order valence-electron chi connectivity index (χ1n) is 11.2. The molecule has 0 atom stereocenters. The monoisotopic (exact) mass is 549 g/mol. The van der Waals surface area contributed by atoms with Gasteiger partial charge in [-0.05, 0) is 76.8 Å². The summed E-state index contributed by atoms with van der Waals surface area (Å²) in [5.74, 6) is -0.360. The third-order valence-corrected chi connectivity index (χ3v) is 5.42. The molecule has 0 heterocycles. The molecule has 36 heavy (non-hydrogen) atoms. The molecule has 0 bridgehead atoms. The van der Waals surface area contributed by atoms with Crippen molar-refractivity contribution in [1.82, 2.24) is 0 Å². The average molecular weight is 550 g/mol. The van der Waals surface area contributed by atoms with Crippen LogP contribution in [0.15, 0.2) is 76.8 Å². The number of nitriles is 1. The predicted molar refractivity (Wildman–Crippen MR) is 139 cm³/mol. The Morgan fingerprint density at radius 3 is 2.31 bits per heavy atom. The van der Waals surface area contributed by atoms with E-state index in [1.165, 1.54) is 12.1 Å². The fourth-order valence-electron chi connectivity index (χ4n) is 3.20. The highest BCUT2D eigenvalue weighted by atomic mass is 79.9. The van der Waals surface area contributed by atoms with Gasteiger partial charge in [0.1, 0.15) is 17.4 Å². The van der Waals surface area contributed by atoms with Crippen molar-refractivity contribution in [2.45, 2.75) is 13.8 Å². The van der Waals surface area contributed by atoms with Crippen LogP contribution in [0.4, 0.5) is 0 Å². The number of hydrogen-bond acceptors (Lipinski definition) is 7. The first-order chi connectivity index (χ1) is 17.4. The number of esters is 2. The van der Waals surface area contributed by atoms with Crippen LogP contribution in [0.1, 0.15) is 19.4 Å². The summed E-state index contributed by atoms with van der Waals surface area (Å²) in [6, 6.07) is 22.0. The second-order valence-corrected chi connectivity index (χ2v) is 8.16. The zero-order valence-electron chi connectivity index (χ0n) is 19.8. The highest BCUT2D eigenvalue weighted by Crippen LogP contribution is 2.32. The van der Waals surface area contributed by atoms with Gasteiger partial charge in [0.2, 0.25) is 0 Å². The molecule has 3 aromatic carbocycles. The van der Waals surface area contributed by atoms with Crippen LogP contribution in [0, 0.1) is 11.3 Å². The largest absolute Gasteiger partial charge is 0.490 e. The molecular formula is C28H24BrNO6. The molecule has 0 saturated carbocycles. The molecule has 184 valence electrons. The van der Waals surface area contributed by atoms with Gasteiger partial charge < -0.3 is 18.9 Å². The van der Waals surface area contributed by atoms with E-state index >= 15 is 0 Å². The van der Waals surface area contributed by atoms with Gasteiger partial charge in [-0.15, -0.1) is 0 Å². The molecule has 7 nitrogen and oxygen atoms in total. The van der Waals surface area contributed by atoms with E-state index in [0.29, 0.717) is 22.4 Å². The number of benzene rings is 3. The van der Waals surface area contributed by atoms with Crippen LogP contribution in [-0.4, -0.2) is 31.8 Å². The third-order valence-electron chi connectivity index (χ3n) is 4.80. The Morgan fingerprint density at radius 1 is 0.889 bits per heavy atom. The van der Waals surface area contributed by atoms with Gasteiger partial charge in [0.25, 0.3) is 0 Å². The fourth-order valence-corrected chi connectivity index (χ4v) is 3.69. The molecule has 0 aromatic heterocycles. The van der Waals surface area contributed by atoms with Crippen molar-refractivity contribution in [2.75, 3.05) is 19.8 Å². The summed E-state index contributed by atoms with van der Waals surface area (Å²) in [5.41, 5.74) is 2.44. The van der Waals surface area contributed by atoms with Gasteiger partial charge in [-0.25, -0.2) is 9.59 Å². The molecule has 3 rings (SSSR count). The molecule has 0 radical (unpaired) electrons. The van der Waals surface area contributed by atoms with Gasteiger partial charge in [0.05, 0.1) is 17.7 Å². The molecule has 3 aromatic rings. The molecule has 0 aliphatic rings. The van der Waals surface area contributed by atoms with E-state index in [0.717, 1.165) is 11.1 Å². The number of hydrogen-bond donors (Lipinski definition) is 0. The summed E-state index contributed by atoms with van der Waals surface area (Å²) in [6.45, 7) is 3.60. The van der Waals surface area contributed by atoms with E-state index in [1.54, 1.807) is 32.0 Å². The zero-order valence-corrected chi connectivity index (χ0v) is 21.4. The van der Waals surface area contributed by atoms with Crippen LogP contribution >= 0.6 is 15.9 Å². The molecule has 0 N–H and O–H groups in total. The third kappa shape index (κ3) is 7.20. The van der Waals surface area contributed by atoms with Gasteiger partial charge in [0.15, 0.2) is 18.1 Å². The Morgan fingerprint density at radius 2 is 1.64 bits per heavy atom. The molecule has 0 spiro atoms. The number of ether oxygens (including phenoxy) is 4. The number of halogens is 1. The lowest BCUT2D eigenvalue weighted by Crippen LogP contribution is -2.18. The highest BCUT2D eigenvalue weighted by Gasteiger charge is 2.15. The van der Waals surface area contributed by atoms with Gasteiger partial charge in [-0.1, -0.05) is 42.5 Å². The van der Waals surface area contributed by atoms with Crippen molar-refractivity contribution in [3.8, 4) is 34.4 Å². The van der Waals surface area contributed by atoms with Gasteiger partial charge in [-0.2, -0.15) is 5.26 Å². The Labute approximate surface area is 218 Å². The molecule has 0 fully saturated rings. The summed E-state index contributed by atoms with van der Waals surface area (Å²) in [4.78, 5) is 24.4. The quantitative estimate of drug-likeness (QED) is 0.133. The Hall–Kier alpha value is -4.09. The van der Waals surface area contributed by atoms with Crippen molar-refractivity contribution < 1.29 is 28.5 Å². The average Bonchev–Trinajstić information content (AvgIpc) is 2.88. The Balaban J connectivity index is 1.68. The normalized spacial score (nSPS) is 10.8. The van der Waals surface area contributed by atoms with Crippen molar-refractivity contribution in [2.24, 2.45) is 0 Å². The number of carbonyl (C=O) groups excluding carboxylic acids is 2. The molecule has 0 amide bonds. The zero-order chi connectivity index (χ0) is 25.9. The van der Waals surface area contributed by atoms with E-state index in [-0.39, 0.29) is 30.3 Å². The van der Waals surface area contributed by atoms with E-state index in [1.807, 2.05) is 48.5 Å². The van der Waals surface area contributed by atoms with Gasteiger partial charge in [-0.3, -0.25) is 0 Å². The first kappa shape index (κ1) is 26.5. The van der Waals surface area contributed by atoms with E-state index < -0.39 is 11.9 Å². The standard InChI is InChI=1S/C28H24BrNO6/c1-3-33-26-15-19(14-22(17-30)28(32)34-4-2)10-12-25(26)36-27(31)18-35-24-13-11-21(16-23(24)29)20-8-6-5-7-9-20/h5-16H,3-4,18H2,1-2H3/b22-14+. The lowest BCUT2D eigenvalue weighted by Gasteiger charge is -2.13. The van der Waals surface area contributed by atoms with Crippen LogP contribution in [0.5, 0.6) is 17.2 Å². The minimum absolute atomic E-state index is 0.152. The second-order valence-electron chi connectivity index (χ2n) is 7.30. The molecule has 0 aliphatic heterocycles. The van der Waals surface area contributed by atoms with Crippen LogP contribution in [-0.2, 0) is 14.3 Å². The highest BCUT2D eigenvalue weighted by molar-refractivity contribution is 9.10. The first-order valence-corrected chi connectivity index (χ1v) is 12.0. The topological polar surface area (TPSA) is 94.9 Å². The summed E-state index contributed by atoms with van der Waals surface area (Å²) < 4.78 is 22.3. The van der Waals surface area contributed by atoms with Crippen LogP contribution < -0.4 is 14.2 Å². The van der Waals surface area contributed by atoms with Gasteiger partial charge in [0, 0.05) is 0 Å². The molecule has 0 unspecified atom stereocenters. The van der Waals surface area contributed by atoms with Crippen LogP contribution in [0.25, 0.3) is 17.2 Å². The summed E-state index contributed by atoms with van der Waals surface area (Å²) >= 11 is 3.49. The smallest absolute Gasteiger partial charge is 0.349 e. The van der Waals surface area contributed by atoms with Gasteiger partial charge >= 0.3 is 11.9 Å². The van der Waals surface area contributed by atoms with Crippen LogP contribution in [0.2, 0.25) is 0 Å². The van der Waals surface area contributed by atoms with Crippen molar-refractivity contribution in [1.29, 1.82) is 5.26 Å².